The van der Waals surface area contributed by atoms with Gasteiger partial charge in [0.1, 0.15) is 0 Å². The van der Waals surface area contributed by atoms with Gasteiger partial charge in [0, 0.05) is 6.54 Å². The average molecular weight is 351 g/mol. The van der Waals surface area contributed by atoms with Crippen molar-refractivity contribution in [1.82, 2.24) is 4.90 Å². The Balaban J connectivity index is 2.02. The fourth-order valence-electron chi connectivity index (χ4n) is 2.69. The molecule has 3 rings (SSSR count). The molecule has 126 valence electrons. The van der Waals surface area contributed by atoms with Crippen molar-refractivity contribution >= 4 is 23.2 Å². The number of carbonyl (C=O) groups excluding carboxylic acids is 1. The summed E-state index contributed by atoms with van der Waals surface area (Å²) in [5.41, 5.74) is 1.46. The van der Waals surface area contributed by atoms with Crippen molar-refractivity contribution in [1.29, 1.82) is 0 Å². The van der Waals surface area contributed by atoms with Crippen LogP contribution < -0.4 is 0 Å². The third-order valence-corrected chi connectivity index (χ3v) is 4.71. The molecule has 4 nitrogen and oxygen atoms in total. The molecule has 0 spiro atoms. The first-order valence-electron chi connectivity index (χ1n) is 7.83. The molecule has 1 heterocycles. The summed E-state index contributed by atoms with van der Waals surface area (Å²) in [5.74, 6) is -1.33. The lowest BCUT2D eigenvalue weighted by molar-refractivity contribution is -0.142. The number of hydrogen-bond donors (Lipinski definition) is 1. The summed E-state index contributed by atoms with van der Waals surface area (Å²) in [4.78, 5) is 27.0. The minimum atomic E-state index is -1.05. The number of carboxylic acids is 1. The molecular formula is C20H17NO3S. The van der Waals surface area contributed by atoms with E-state index in [4.69, 9.17) is 0 Å². The highest BCUT2D eigenvalue weighted by Crippen LogP contribution is 2.26. The van der Waals surface area contributed by atoms with Crippen LogP contribution in [0.2, 0.25) is 0 Å². The molecule has 3 aromatic rings. The minimum Gasteiger partial charge on any atom is -0.479 e. The zero-order valence-corrected chi connectivity index (χ0v) is 14.2. The van der Waals surface area contributed by atoms with E-state index in [0.717, 1.165) is 5.56 Å². The quantitative estimate of drug-likeness (QED) is 0.723. The lowest BCUT2D eigenvalue weighted by atomic mass is 10.0. The first-order valence-corrected chi connectivity index (χ1v) is 8.71. The number of thiophene rings is 1. The van der Waals surface area contributed by atoms with E-state index >= 15 is 0 Å². The van der Waals surface area contributed by atoms with Crippen molar-refractivity contribution < 1.29 is 14.7 Å². The molecule has 5 heteroatoms. The Kier molecular flexibility index (Phi) is 5.26. The SMILES string of the molecule is O=C(O)C(c1ccccc1)N(Cc1ccccc1)C(=O)c1cccs1. The Morgan fingerprint density at radius 1 is 0.920 bits per heavy atom. The summed E-state index contributed by atoms with van der Waals surface area (Å²) >= 11 is 1.31. The zero-order valence-electron chi connectivity index (χ0n) is 13.4. The van der Waals surface area contributed by atoms with Gasteiger partial charge in [-0.05, 0) is 22.6 Å². The summed E-state index contributed by atoms with van der Waals surface area (Å²) < 4.78 is 0. The van der Waals surface area contributed by atoms with Gasteiger partial charge in [0.05, 0.1) is 4.88 Å². The number of rotatable bonds is 6. The van der Waals surface area contributed by atoms with Gasteiger partial charge >= 0.3 is 5.97 Å². The Morgan fingerprint density at radius 3 is 2.12 bits per heavy atom. The van der Waals surface area contributed by atoms with Gasteiger partial charge in [-0.15, -0.1) is 11.3 Å². The molecule has 0 bridgehead atoms. The number of benzene rings is 2. The number of aliphatic carboxylic acids is 1. The Bertz CT molecular complexity index is 832. The molecule has 0 fully saturated rings. The molecule has 0 saturated heterocycles. The number of carboxylic acid groups (broad SMARTS) is 1. The third-order valence-electron chi connectivity index (χ3n) is 3.85. The Labute approximate surface area is 150 Å². The van der Waals surface area contributed by atoms with E-state index < -0.39 is 12.0 Å². The molecule has 0 aliphatic heterocycles. The van der Waals surface area contributed by atoms with Crippen LogP contribution in [0.1, 0.15) is 26.8 Å². The molecule has 0 saturated carbocycles. The van der Waals surface area contributed by atoms with E-state index in [9.17, 15) is 14.7 Å². The van der Waals surface area contributed by atoms with Crippen LogP contribution in [0.25, 0.3) is 0 Å². The zero-order chi connectivity index (χ0) is 17.6. The molecule has 1 N–H and O–H groups in total. The fraction of sp³-hybridized carbons (Fsp3) is 0.100. The molecule has 0 aliphatic rings. The maximum Gasteiger partial charge on any atom is 0.331 e. The monoisotopic (exact) mass is 351 g/mol. The highest BCUT2D eigenvalue weighted by molar-refractivity contribution is 7.12. The minimum absolute atomic E-state index is 0.226. The highest BCUT2D eigenvalue weighted by atomic mass is 32.1. The van der Waals surface area contributed by atoms with Crippen molar-refractivity contribution in [3.8, 4) is 0 Å². The summed E-state index contributed by atoms with van der Waals surface area (Å²) in [6.45, 7) is 0.226. The van der Waals surface area contributed by atoms with Crippen molar-refractivity contribution in [2.45, 2.75) is 12.6 Å². The lowest BCUT2D eigenvalue weighted by Gasteiger charge is -2.29. The van der Waals surface area contributed by atoms with E-state index in [1.54, 1.807) is 36.4 Å². The van der Waals surface area contributed by atoms with Crippen LogP contribution in [0.4, 0.5) is 0 Å². The summed E-state index contributed by atoms with van der Waals surface area (Å²) in [7, 11) is 0. The fourth-order valence-corrected chi connectivity index (χ4v) is 3.37. The van der Waals surface area contributed by atoms with Crippen LogP contribution in [0.15, 0.2) is 78.2 Å². The first kappa shape index (κ1) is 16.9. The molecule has 1 unspecified atom stereocenters. The molecule has 1 atom stereocenters. The number of hydrogen-bond acceptors (Lipinski definition) is 3. The molecule has 1 amide bonds. The van der Waals surface area contributed by atoms with Gasteiger partial charge in [0.15, 0.2) is 6.04 Å². The lowest BCUT2D eigenvalue weighted by Crippen LogP contribution is -2.38. The van der Waals surface area contributed by atoms with E-state index in [2.05, 4.69) is 0 Å². The van der Waals surface area contributed by atoms with Gasteiger partial charge in [-0.25, -0.2) is 4.79 Å². The topological polar surface area (TPSA) is 57.6 Å². The molecule has 0 radical (unpaired) electrons. The van der Waals surface area contributed by atoms with E-state index in [-0.39, 0.29) is 12.5 Å². The van der Waals surface area contributed by atoms with Gasteiger partial charge in [-0.1, -0.05) is 66.7 Å². The predicted molar refractivity (Wildman–Crippen MR) is 97.5 cm³/mol. The Hall–Kier alpha value is -2.92. The predicted octanol–water partition coefficient (Wildman–Crippen LogP) is 4.22. The normalized spacial score (nSPS) is 11.7. The van der Waals surface area contributed by atoms with Gasteiger partial charge in [-0.2, -0.15) is 0 Å². The van der Waals surface area contributed by atoms with Gasteiger partial charge in [-0.3, -0.25) is 4.79 Å². The van der Waals surface area contributed by atoms with Crippen LogP contribution in [0, 0.1) is 0 Å². The molecule has 0 aliphatic carbocycles. The van der Waals surface area contributed by atoms with E-state index in [1.807, 2.05) is 41.8 Å². The largest absolute Gasteiger partial charge is 0.479 e. The third kappa shape index (κ3) is 3.95. The second-order valence-electron chi connectivity index (χ2n) is 5.55. The van der Waals surface area contributed by atoms with Crippen molar-refractivity contribution in [3.05, 3.63) is 94.2 Å². The van der Waals surface area contributed by atoms with E-state index in [0.29, 0.717) is 10.4 Å². The van der Waals surface area contributed by atoms with Gasteiger partial charge in [0.25, 0.3) is 5.91 Å². The Morgan fingerprint density at radius 2 is 1.56 bits per heavy atom. The first-order chi connectivity index (χ1) is 12.2. The summed E-state index contributed by atoms with van der Waals surface area (Å²) in [6.07, 6.45) is 0. The van der Waals surface area contributed by atoms with Crippen LogP contribution >= 0.6 is 11.3 Å². The molecule has 25 heavy (non-hydrogen) atoms. The summed E-state index contributed by atoms with van der Waals surface area (Å²) in [6, 6.07) is 20.7. The second-order valence-corrected chi connectivity index (χ2v) is 6.50. The van der Waals surface area contributed by atoms with Gasteiger partial charge < -0.3 is 10.0 Å². The molecule has 2 aromatic carbocycles. The van der Waals surface area contributed by atoms with Gasteiger partial charge in [0.2, 0.25) is 0 Å². The number of carbonyl (C=O) groups is 2. The smallest absolute Gasteiger partial charge is 0.331 e. The van der Waals surface area contributed by atoms with Crippen LogP contribution in [-0.4, -0.2) is 21.9 Å². The highest BCUT2D eigenvalue weighted by Gasteiger charge is 2.32. The van der Waals surface area contributed by atoms with Crippen LogP contribution in [0.3, 0.4) is 0 Å². The maximum absolute atomic E-state index is 13.0. The number of nitrogens with zero attached hydrogens (tertiary/aromatic N) is 1. The molecule has 1 aromatic heterocycles. The maximum atomic E-state index is 13.0. The van der Waals surface area contributed by atoms with Crippen LogP contribution in [0.5, 0.6) is 0 Å². The summed E-state index contributed by atoms with van der Waals surface area (Å²) in [5, 5.41) is 11.6. The van der Waals surface area contributed by atoms with E-state index in [1.165, 1.54) is 16.2 Å². The van der Waals surface area contributed by atoms with Crippen molar-refractivity contribution in [2.24, 2.45) is 0 Å². The molecular weight excluding hydrogens is 334 g/mol. The standard InChI is InChI=1S/C20H17NO3S/c22-19(17-12-7-13-25-17)21(14-15-8-3-1-4-9-15)18(20(23)24)16-10-5-2-6-11-16/h1-13,18H,14H2,(H,23,24). The number of amides is 1. The van der Waals surface area contributed by atoms with Crippen molar-refractivity contribution in [2.75, 3.05) is 0 Å². The average Bonchev–Trinajstić information content (AvgIpc) is 3.17. The second kappa shape index (κ2) is 7.77. The van der Waals surface area contributed by atoms with Crippen LogP contribution in [-0.2, 0) is 11.3 Å². The van der Waals surface area contributed by atoms with Crippen molar-refractivity contribution in [3.63, 3.8) is 0 Å².